The van der Waals surface area contributed by atoms with Gasteiger partial charge in [-0.15, -0.1) is 0 Å². The van der Waals surface area contributed by atoms with Gasteiger partial charge in [0, 0.05) is 17.5 Å². The fourth-order valence-electron chi connectivity index (χ4n) is 3.22. The van der Waals surface area contributed by atoms with Crippen molar-refractivity contribution in [3.05, 3.63) is 95.6 Å². The largest absolute Gasteiger partial charge is 0.421 e. The zero-order valence-corrected chi connectivity index (χ0v) is 15.5. The van der Waals surface area contributed by atoms with Gasteiger partial charge in [-0.05, 0) is 17.2 Å². The van der Waals surface area contributed by atoms with Gasteiger partial charge in [0.25, 0.3) is 6.29 Å². The Bertz CT molecular complexity index is 1050. The van der Waals surface area contributed by atoms with Crippen molar-refractivity contribution in [3.8, 4) is 11.1 Å². The van der Waals surface area contributed by atoms with Crippen LogP contribution in [0.5, 0.6) is 0 Å². The van der Waals surface area contributed by atoms with Crippen molar-refractivity contribution in [2.24, 2.45) is 0 Å². The van der Waals surface area contributed by atoms with Crippen LogP contribution in [-0.2, 0) is 14.3 Å². The van der Waals surface area contributed by atoms with Crippen molar-refractivity contribution in [2.75, 3.05) is 0 Å². The number of esters is 2. The second-order valence-corrected chi connectivity index (χ2v) is 6.68. The first-order chi connectivity index (χ1) is 14.1. The number of carbonyl (C=O) groups excluding carboxylic acids is 3. The third-order valence-electron chi connectivity index (χ3n) is 4.76. The van der Waals surface area contributed by atoms with E-state index in [9.17, 15) is 14.4 Å². The molecule has 144 valence electrons. The highest BCUT2D eigenvalue weighted by atomic mass is 16.7. The third-order valence-corrected chi connectivity index (χ3v) is 4.76. The van der Waals surface area contributed by atoms with Gasteiger partial charge in [-0.1, -0.05) is 72.8 Å². The van der Waals surface area contributed by atoms with E-state index in [-0.39, 0.29) is 18.6 Å². The molecule has 0 aliphatic carbocycles. The Balaban J connectivity index is 1.33. The Morgan fingerprint density at radius 1 is 0.793 bits per heavy atom. The summed E-state index contributed by atoms with van der Waals surface area (Å²) in [5.41, 5.74) is 3.54. The Labute approximate surface area is 167 Å². The Morgan fingerprint density at radius 2 is 1.45 bits per heavy atom. The molecule has 0 spiro atoms. The molecule has 1 aliphatic rings. The summed E-state index contributed by atoms with van der Waals surface area (Å²) in [6, 6.07) is 23.9. The molecule has 29 heavy (non-hydrogen) atoms. The third kappa shape index (κ3) is 4.09. The van der Waals surface area contributed by atoms with Crippen LogP contribution in [0, 0.1) is 0 Å². The SMILES string of the molecule is O=C(CCC(=O)c1ccc(-c2ccccc2)cc1)OC1OC(=O)c2ccccc21. The molecule has 5 heteroatoms. The zero-order chi connectivity index (χ0) is 20.2. The predicted octanol–water partition coefficient (Wildman–Crippen LogP) is 4.73. The lowest BCUT2D eigenvalue weighted by Gasteiger charge is -2.11. The Kier molecular flexibility index (Phi) is 5.20. The van der Waals surface area contributed by atoms with Crippen LogP contribution >= 0.6 is 0 Å². The lowest BCUT2D eigenvalue weighted by Crippen LogP contribution is -2.13. The minimum absolute atomic E-state index is 0.0197. The molecule has 0 fully saturated rings. The van der Waals surface area contributed by atoms with Crippen LogP contribution in [0.25, 0.3) is 11.1 Å². The first-order valence-electron chi connectivity index (χ1n) is 9.30. The van der Waals surface area contributed by atoms with Gasteiger partial charge in [-0.25, -0.2) is 4.79 Å². The standard InChI is InChI=1S/C24H18O5/c25-21(18-12-10-17(11-13-18)16-6-2-1-3-7-16)14-15-22(26)28-24-20-9-5-4-8-19(20)23(27)29-24/h1-13,24H,14-15H2. The minimum Gasteiger partial charge on any atom is -0.421 e. The fourth-order valence-corrected chi connectivity index (χ4v) is 3.22. The topological polar surface area (TPSA) is 69.7 Å². The van der Waals surface area contributed by atoms with Gasteiger partial charge in [0.05, 0.1) is 12.0 Å². The number of carbonyl (C=O) groups is 3. The molecular weight excluding hydrogens is 368 g/mol. The summed E-state index contributed by atoms with van der Waals surface area (Å²) in [4.78, 5) is 36.3. The van der Waals surface area contributed by atoms with Crippen molar-refractivity contribution in [1.82, 2.24) is 0 Å². The Morgan fingerprint density at radius 3 is 2.21 bits per heavy atom. The molecule has 1 heterocycles. The van der Waals surface area contributed by atoms with Gasteiger partial charge < -0.3 is 9.47 Å². The molecular formula is C24H18O5. The summed E-state index contributed by atoms with van der Waals surface area (Å²) in [5, 5.41) is 0. The molecule has 1 aliphatic heterocycles. The zero-order valence-electron chi connectivity index (χ0n) is 15.5. The first kappa shape index (κ1) is 18.6. The van der Waals surface area contributed by atoms with Crippen molar-refractivity contribution in [1.29, 1.82) is 0 Å². The van der Waals surface area contributed by atoms with Gasteiger partial charge in [0.15, 0.2) is 5.78 Å². The molecule has 0 aromatic heterocycles. The van der Waals surface area contributed by atoms with Gasteiger partial charge >= 0.3 is 11.9 Å². The molecule has 1 unspecified atom stereocenters. The van der Waals surface area contributed by atoms with Crippen molar-refractivity contribution in [2.45, 2.75) is 19.1 Å². The molecule has 0 N–H and O–H groups in total. The van der Waals surface area contributed by atoms with Crippen LogP contribution in [0.4, 0.5) is 0 Å². The summed E-state index contributed by atoms with van der Waals surface area (Å²) in [6.45, 7) is 0. The molecule has 3 aromatic carbocycles. The highest BCUT2D eigenvalue weighted by Gasteiger charge is 2.33. The first-order valence-corrected chi connectivity index (χ1v) is 9.30. The highest BCUT2D eigenvalue weighted by molar-refractivity contribution is 5.98. The molecule has 0 saturated heterocycles. The molecule has 5 nitrogen and oxygen atoms in total. The van der Waals surface area contributed by atoms with Crippen LogP contribution in [0.2, 0.25) is 0 Å². The molecule has 0 radical (unpaired) electrons. The van der Waals surface area contributed by atoms with E-state index in [1.807, 2.05) is 42.5 Å². The molecule has 3 aromatic rings. The van der Waals surface area contributed by atoms with Crippen LogP contribution in [0.1, 0.15) is 45.4 Å². The monoisotopic (exact) mass is 386 g/mol. The number of ether oxygens (including phenoxy) is 2. The summed E-state index contributed by atoms with van der Waals surface area (Å²) >= 11 is 0. The van der Waals surface area contributed by atoms with E-state index >= 15 is 0 Å². The minimum atomic E-state index is -1.05. The average molecular weight is 386 g/mol. The predicted molar refractivity (Wildman–Crippen MR) is 106 cm³/mol. The lowest BCUT2D eigenvalue weighted by molar-refractivity contribution is -0.167. The maximum atomic E-state index is 12.4. The molecule has 1 atom stereocenters. The smallest absolute Gasteiger partial charge is 0.342 e. The molecule has 0 amide bonds. The average Bonchev–Trinajstić information content (AvgIpc) is 3.08. The molecule has 0 saturated carbocycles. The van der Waals surface area contributed by atoms with Crippen molar-refractivity contribution in [3.63, 3.8) is 0 Å². The molecule has 4 rings (SSSR count). The number of Topliss-reactive ketones (excluding diaryl/α,β-unsaturated/α-hetero) is 1. The number of hydrogen-bond donors (Lipinski definition) is 0. The van der Waals surface area contributed by atoms with E-state index in [0.717, 1.165) is 11.1 Å². The fraction of sp³-hybridized carbons (Fsp3) is 0.125. The number of benzene rings is 3. The van der Waals surface area contributed by atoms with Crippen molar-refractivity contribution >= 4 is 17.7 Å². The van der Waals surface area contributed by atoms with Crippen molar-refractivity contribution < 1.29 is 23.9 Å². The second kappa shape index (κ2) is 8.10. The number of rotatable bonds is 6. The van der Waals surface area contributed by atoms with Crippen LogP contribution < -0.4 is 0 Å². The normalized spacial score (nSPS) is 14.8. The Hall–Kier alpha value is -3.73. The van der Waals surface area contributed by atoms with Crippen LogP contribution in [0.3, 0.4) is 0 Å². The summed E-state index contributed by atoms with van der Waals surface area (Å²) < 4.78 is 10.3. The second-order valence-electron chi connectivity index (χ2n) is 6.68. The van der Waals surface area contributed by atoms with Gasteiger partial charge in [-0.3, -0.25) is 9.59 Å². The van der Waals surface area contributed by atoms with Crippen LogP contribution in [-0.4, -0.2) is 17.7 Å². The molecule has 0 bridgehead atoms. The van der Waals surface area contributed by atoms with Crippen LogP contribution in [0.15, 0.2) is 78.9 Å². The number of ketones is 1. The highest BCUT2D eigenvalue weighted by Crippen LogP contribution is 2.31. The van der Waals surface area contributed by atoms with E-state index in [2.05, 4.69) is 0 Å². The van der Waals surface area contributed by atoms with Gasteiger partial charge in [0.1, 0.15) is 0 Å². The lowest BCUT2D eigenvalue weighted by atomic mass is 10.0. The summed E-state index contributed by atoms with van der Waals surface area (Å²) in [6.07, 6.45) is -1.12. The van der Waals surface area contributed by atoms with Gasteiger partial charge in [-0.2, -0.15) is 0 Å². The quantitative estimate of drug-likeness (QED) is 0.452. The van der Waals surface area contributed by atoms with E-state index in [0.29, 0.717) is 16.7 Å². The number of cyclic esters (lactones) is 1. The summed E-state index contributed by atoms with van der Waals surface area (Å²) in [5.74, 6) is -1.26. The van der Waals surface area contributed by atoms with Gasteiger partial charge in [0.2, 0.25) is 0 Å². The maximum Gasteiger partial charge on any atom is 0.342 e. The number of hydrogen-bond acceptors (Lipinski definition) is 5. The summed E-state index contributed by atoms with van der Waals surface area (Å²) in [7, 11) is 0. The van der Waals surface area contributed by atoms with E-state index in [1.54, 1.807) is 36.4 Å². The van der Waals surface area contributed by atoms with E-state index in [1.165, 1.54) is 0 Å². The van der Waals surface area contributed by atoms with E-state index in [4.69, 9.17) is 9.47 Å². The van der Waals surface area contributed by atoms with E-state index < -0.39 is 18.2 Å². The number of fused-ring (bicyclic) bond motifs is 1. The maximum absolute atomic E-state index is 12.4.